The summed E-state index contributed by atoms with van der Waals surface area (Å²) >= 11 is 0. The van der Waals surface area contributed by atoms with Crippen molar-refractivity contribution in [3.05, 3.63) is 59.7 Å². The number of methoxy groups -OCH3 is 1. The summed E-state index contributed by atoms with van der Waals surface area (Å²) in [5.74, 6) is 1.40. The van der Waals surface area contributed by atoms with E-state index < -0.39 is 10.0 Å². The average Bonchev–Trinajstić information content (AvgIpc) is 2.68. The predicted octanol–water partition coefficient (Wildman–Crippen LogP) is 0.404. The fourth-order valence-electron chi connectivity index (χ4n) is 3.57. The number of piperazine rings is 1. The Kier molecular flexibility index (Phi) is 8.52. The predicted molar refractivity (Wildman–Crippen MR) is 112 cm³/mol. The van der Waals surface area contributed by atoms with Crippen LogP contribution >= 0.6 is 0 Å². The molecule has 29 heavy (non-hydrogen) atoms. The van der Waals surface area contributed by atoms with Crippen molar-refractivity contribution in [2.24, 2.45) is 5.92 Å². The minimum atomic E-state index is -3.43. The first kappa shape index (κ1) is 23.7. The topological polar surface area (TPSA) is 49.9 Å². The molecule has 0 N–H and O–H groups in total. The van der Waals surface area contributed by atoms with Crippen LogP contribution in [0.1, 0.15) is 25.0 Å². The molecule has 1 saturated heterocycles. The molecular formula is C22H30ClN2O3S-. The van der Waals surface area contributed by atoms with Gasteiger partial charge in [-0.25, -0.2) is 8.42 Å². The zero-order valence-electron chi connectivity index (χ0n) is 17.3. The lowest BCUT2D eigenvalue weighted by Crippen LogP contribution is -3.00. The molecule has 1 aliphatic heterocycles. The quantitative estimate of drug-likeness (QED) is 0.629. The van der Waals surface area contributed by atoms with E-state index in [-0.39, 0.29) is 12.4 Å². The maximum Gasteiger partial charge on any atom is 0.243 e. The molecule has 0 bridgehead atoms. The van der Waals surface area contributed by atoms with E-state index in [1.54, 1.807) is 23.5 Å². The number of ether oxygens (including phenoxy) is 1. The highest BCUT2D eigenvalue weighted by molar-refractivity contribution is 7.89. The lowest BCUT2D eigenvalue weighted by Gasteiger charge is -2.34. The number of nitrogens with zero attached hydrogens (tertiary/aromatic N) is 2. The van der Waals surface area contributed by atoms with Crippen molar-refractivity contribution >= 4 is 10.0 Å². The van der Waals surface area contributed by atoms with Gasteiger partial charge in [0.15, 0.2) is 0 Å². The molecule has 2 aromatic rings. The Bertz CT molecular complexity index is 877. The van der Waals surface area contributed by atoms with Gasteiger partial charge in [-0.1, -0.05) is 38.1 Å². The van der Waals surface area contributed by atoms with Crippen molar-refractivity contribution in [3.63, 3.8) is 0 Å². The zero-order chi connectivity index (χ0) is 20.1. The summed E-state index contributed by atoms with van der Waals surface area (Å²) in [4.78, 5) is 2.67. The minimum Gasteiger partial charge on any atom is -1.00 e. The molecule has 0 spiro atoms. The fourth-order valence-corrected chi connectivity index (χ4v) is 5.00. The third kappa shape index (κ3) is 6.19. The Morgan fingerprint density at radius 1 is 0.966 bits per heavy atom. The Labute approximate surface area is 181 Å². The molecule has 7 heteroatoms. The second kappa shape index (κ2) is 10.4. The minimum absolute atomic E-state index is 0. The van der Waals surface area contributed by atoms with Crippen molar-refractivity contribution in [2.45, 2.75) is 31.7 Å². The van der Waals surface area contributed by atoms with Crippen LogP contribution < -0.4 is 17.1 Å². The molecule has 160 valence electrons. The first-order valence-corrected chi connectivity index (χ1v) is 11.3. The van der Waals surface area contributed by atoms with Crippen molar-refractivity contribution in [3.8, 4) is 5.75 Å². The van der Waals surface area contributed by atoms with Crippen LogP contribution in [-0.2, 0) is 23.0 Å². The maximum absolute atomic E-state index is 13.0. The SMILES string of the molecule is COc1cccc(CN2CCN(S(=O)(=O)c3ccc(CC(C)C)cc3)CC2)c1.[Cl-]. The van der Waals surface area contributed by atoms with Gasteiger partial charge in [-0.05, 0) is 47.7 Å². The van der Waals surface area contributed by atoms with Gasteiger partial charge >= 0.3 is 0 Å². The summed E-state index contributed by atoms with van der Waals surface area (Å²) < 4.78 is 32.8. The molecule has 1 aliphatic rings. The van der Waals surface area contributed by atoms with Gasteiger partial charge in [-0.15, -0.1) is 0 Å². The van der Waals surface area contributed by atoms with Gasteiger partial charge in [-0.3, -0.25) is 4.90 Å². The smallest absolute Gasteiger partial charge is 0.243 e. The number of rotatable bonds is 7. The van der Waals surface area contributed by atoms with Crippen LogP contribution in [0.4, 0.5) is 0 Å². The molecule has 1 fully saturated rings. The zero-order valence-corrected chi connectivity index (χ0v) is 18.9. The lowest BCUT2D eigenvalue weighted by molar-refractivity contribution is -0.00000900. The molecule has 0 atom stereocenters. The van der Waals surface area contributed by atoms with Crippen molar-refractivity contribution in [1.29, 1.82) is 0 Å². The van der Waals surface area contributed by atoms with E-state index in [9.17, 15) is 8.42 Å². The van der Waals surface area contributed by atoms with Gasteiger partial charge < -0.3 is 17.1 Å². The Morgan fingerprint density at radius 3 is 2.21 bits per heavy atom. The fraction of sp³-hybridized carbons (Fsp3) is 0.455. The first-order chi connectivity index (χ1) is 13.4. The van der Waals surface area contributed by atoms with Gasteiger partial charge in [-0.2, -0.15) is 4.31 Å². The summed E-state index contributed by atoms with van der Waals surface area (Å²) in [5, 5.41) is 0. The van der Waals surface area contributed by atoms with Gasteiger partial charge in [0.1, 0.15) is 5.75 Å². The van der Waals surface area contributed by atoms with Crippen LogP contribution in [0, 0.1) is 5.92 Å². The first-order valence-electron chi connectivity index (χ1n) is 9.83. The van der Waals surface area contributed by atoms with Gasteiger partial charge in [0.05, 0.1) is 12.0 Å². The molecule has 0 amide bonds. The number of sulfonamides is 1. The molecule has 0 saturated carbocycles. The van der Waals surface area contributed by atoms with Crippen LogP contribution in [0.25, 0.3) is 0 Å². The van der Waals surface area contributed by atoms with Crippen LogP contribution in [0.2, 0.25) is 0 Å². The van der Waals surface area contributed by atoms with Crippen LogP contribution in [0.15, 0.2) is 53.4 Å². The summed E-state index contributed by atoms with van der Waals surface area (Å²) in [6, 6.07) is 15.4. The molecule has 2 aromatic carbocycles. The third-order valence-corrected chi connectivity index (χ3v) is 6.99. The van der Waals surface area contributed by atoms with Crippen molar-refractivity contribution in [1.82, 2.24) is 9.21 Å². The highest BCUT2D eigenvalue weighted by Crippen LogP contribution is 2.21. The number of halogens is 1. The van der Waals surface area contributed by atoms with Gasteiger partial charge in [0.25, 0.3) is 0 Å². The van der Waals surface area contributed by atoms with E-state index in [0.717, 1.165) is 31.8 Å². The Balaban J connectivity index is 0.00000300. The number of benzene rings is 2. The van der Waals surface area contributed by atoms with Crippen molar-refractivity contribution < 1.29 is 25.6 Å². The molecule has 0 unspecified atom stereocenters. The van der Waals surface area contributed by atoms with Crippen LogP contribution in [0.3, 0.4) is 0 Å². The molecule has 5 nitrogen and oxygen atoms in total. The highest BCUT2D eigenvalue weighted by atomic mass is 35.5. The van der Waals surface area contributed by atoms with Crippen molar-refractivity contribution in [2.75, 3.05) is 33.3 Å². The molecular weight excluding hydrogens is 408 g/mol. The van der Waals surface area contributed by atoms with Gasteiger partial charge in [0.2, 0.25) is 10.0 Å². The van der Waals surface area contributed by atoms with E-state index in [4.69, 9.17) is 4.74 Å². The monoisotopic (exact) mass is 437 g/mol. The highest BCUT2D eigenvalue weighted by Gasteiger charge is 2.28. The molecule has 0 radical (unpaired) electrons. The van der Waals surface area contributed by atoms with Crippen LogP contribution in [0.5, 0.6) is 5.75 Å². The summed E-state index contributed by atoms with van der Waals surface area (Å²) in [6.45, 7) is 7.60. The Hall–Kier alpha value is -1.60. The standard InChI is InChI=1S/C22H30N2O3S.ClH/c1-18(2)15-19-7-9-22(10-8-19)28(25,26)24-13-11-23(12-14-24)17-20-5-4-6-21(16-20)27-3;/h4-10,16,18H,11-15,17H2,1-3H3;1H/p-1. The molecule has 0 aromatic heterocycles. The summed E-state index contributed by atoms with van der Waals surface area (Å²) in [7, 11) is -1.76. The van der Waals surface area contributed by atoms with E-state index in [1.807, 2.05) is 30.3 Å². The normalized spacial score (nSPS) is 15.9. The van der Waals surface area contributed by atoms with E-state index >= 15 is 0 Å². The molecule has 0 aliphatic carbocycles. The third-order valence-electron chi connectivity index (χ3n) is 5.08. The molecule has 1 heterocycles. The lowest BCUT2D eigenvalue weighted by atomic mass is 10.0. The average molecular weight is 438 g/mol. The van der Waals surface area contributed by atoms with Gasteiger partial charge in [0, 0.05) is 32.7 Å². The van der Waals surface area contributed by atoms with E-state index in [1.165, 1.54) is 11.1 Å². The number of hydrogen-bond acceptors (Lipinski definition) is 4. The largest absolute Gasteiger partial charge is 1.00 e. The molecule has 3 rings (SSSR count). The van der Waals surface area contributed by atoms with E-state index in [0.29, 0.717) is 23.9 Å². The summed E-state index contributed by atoms with van der Waals surface area (Å²) in [6.07, 6.45) is 0.962. The van der Waals surface area contributed by atoms with E-state index in [2.05, 4.69) is 24.8 Å². The number of hydrogen-bond donors (Lipinski definition) is 0. The second-order valence-corrected chi connectivity index (χ2v) is 9.71. The summed E-state index contributed by atoms with van der Waals surface area (Å²) in [5.41, 5.74) is 2.36. The second-order valence-electron chi connectivity index (χ2n) is 7.77. The Morgan fingerprint density at radius 2 is 1.62 bits per heavy atom. The van der Waals surface area contributed by atoms with Crippen LogP contribution in [-0.4, -0.2) is 50.9 Å². The maximum atomic E-state index is 13.0.